The zero-order valence-electron chi connectivity index (χ0n) is 14.3. The molecule has 1 N–H and O–H groups in total. The average Bonchev–Trinajstić information content (AvgIpc) is 3.24. The molecule has 136 valence electrons. The van der Waals surface area contributed by atoms with E-state index in [0.29, 0.717) is 28.8 Å². The van der Waals surface area contributed by atoms with Gasteiger partial charge in [-0.15, -0.1) is 5.10 Å². The van der Waals surface area contributed by atoms with Gasteiger partial charge in [-0.05, 0) is 31.9 Å². The van der Waals surface area contributed by atoms with Gasteiger partial charge in [-0.1, -0.05) is 17.8 Å². The summed E-state index contributed by atoms with van der Waals surface area (Å²) in [6.45, 7) is 3.10. The quantitative estimate of drug-likeness (QED) is 0.679. The Morgan fingerprint density at radius 2 is 2.27 bits per heavy atom. The van der Waals surface area contributed by atoms with Gasteiger partial charge in [0.2, 0.25) is 0 Å². The largest absolute Gasteiger partial charge is 0.376 e. The molecule has 1 aliphatic rings. The highest BCUT2D eigenvalue weighted by Gasteiger charge is 2.19. The first-order chi connectivity index (χ1) is 12.6. The lowest BCUT2D eigenvalue weighted by Crippen LogP contribution is -2.25. The highest BCUT2D eigenvalue weighted by molar-refractivity contribution is 7.98. The number of hydrogen-bond donors (Lipinski definition) is 1. The van der Waals surface area contributed by atoms with Crippen LogP contribution in [0.3, 0.4) is 0 Å². The molecular weight excluding hydrogens is 354 g/mol. The fourth-order valence-corrected chi connectivity index (χ4v) is 3.99. The summed E-state index contributed by atoms with van der Waals surface area (Å²) in [6, 6.07) is 7.09. The normalized spacial score (nSPS) is 17.2. The smallest absolute Gasteiger partial charge is 0.344 e. The van der Waals surface area contributed by atoms with E-state index in [4.69, 9.17) is 4.74 Å². The van der Waals surface area contributed by atoms with Crippen LogP contribution in [-0.4, -0.2) is 36.9 Å². The number of H-pyrrole nitrogens is 1. The Morgan fingerprint density at radius 1 is 1.38 bits per heavy atom. The van der Waals surface area contributed by atoms with Gasteiger partial charge in [0.15, 0.2) is 5.16 Å². The number of aryl methyl sites for hydroxylation is 1. The fraction of sp³-hybridized carbons (Fsp3) is 0.412. The Kier molecular flexibility index (Phi) is 4.64. The van der Waals surface area contributed by atoms with Gasteiger partial charge in [0.1, 0.15) is 5.65 Å². The molecule has 26 heavy (non-hydrogen) atoms. The number of hydrogen-bond acceptors (Lipinski definition) is 6. The Balaban J connectivity index is 1.55. The Morgan fingerprint density at radius 3 is 3.08 bits per heavy atom. The summed E-state index contributed by atoms with van der Waals surface area (Å²) < 4.78 is 8.78. The highest BCUT2D eigenvalue weighted by atomic mass is 32.2. The molecule has 0 bridgehead atoms. The molecule has 8 nitrogen and oxygen atoms in total. The van der Waals surface area contributed by atoms with Crippen molar-refractivity contribution in [2.24, 2.45) is 0 Å². The van der Waals surface area contributed by atoms with E-state index in [9.17, 15) is 9.59 Å². The van der Waals surface area contributed by atoms with Crippen LogP contribution in [0.1, 0.15) is 24.2 Å². The maximum atomic E-state index is 12.4. The third kappa shape index (κ3) is 3.32. The molecule has 0 amide bonds. The van der Waals surface area contributed by atoms with Gasteiger partial charge in [-0.3, -0.25) is 13.8 Å². The van der Waals surface area contributed by atoms with Gasteiger partial charge in [0.25, 0.3) is 5.56 Å². The zero-order valence-corrected chi connectivity index (χ0v) is 15.2. The van der Waals surface area contributed by atoms with Crippen molar-refractivity contribution in [2.75, 3.05) is 6.61 Å². The first-order valence-electron chi connectivity index (χ1n) is 8.50. The van der Waals surface area contributed by atoms with Gasteiger partial charge < -0.3 is 4.74 Å². The van der Waals surface area contributed by atoms with Crippen LogP contribution in [0.4, 0.5) is 0 Å². The van der Waals surface area contributed by atoms with Crippen molar-refractivity contribution >= 4 is 17.4 Å². The summed E-state index contributed by atoms with van der Waals surface area (Å²) in [5.41, 5.74) is 1.76. The average molecular weight is 373 g/mol. The van der Waals surface area contributed by atoms with Crippen LogP contribution >= 0.6 is 11.8 Å². The maximum absolute atomic E-state index is 12.4. The van der Waals surface area contributed by atoms with Gasteiger partial charge in [0.05, 0.1) is 18.3 Å². The van der Waals surface area contributed by atoms with Crippen LogP contribution < -0.4 is 11.2 Å². The number of aromatic nitrogens is 5. The van der Waals surface area contributed by atoms with Crippen LogP contribution in [0, 0.1) is 6.92 Å². The van der Waals surface area contributed by atoms with Gasteiger partial charge in [0, 0.05) is 24.1 Å². The van der Waals surface area contributed by atoms with E-state index in [2.05, 4.69) is 15.2 Å². The third-order valence-corrected chi connectivity index (χ3v) is 5.43. The summed E-state index contributed by atoms with van der Waals surface area (Å²) >= 11 is 1.38. The molecule has 4 rings (SSSR count). The molecule has 3 aromatic heterocycles. The number of pyridine rings is 1. The Bertz CT molecular complexity index is 1050. The molecule has 3 aromatic rings. The van der Waals surface area contributed by atoms with E-state index in [-0.39, 0.29) is 17.4 Å². The molecule has 0 saturated carbocycles. The van der Waals surface area contributed by atoms with Crippen LogP contribution in [-0.2, 0) is 17.0 Å². The van der Waals surface area contributed by atoms with E-state index in [1.165, 1.54) is 17.8 Å². The maximum Gasteiger partial charge on any atom is 0.344 e. The fourth-order valence-electron chi connectivity index (χ4n) is 3.14. The second kappa shape index (κ2) is 7.08. The second-order valence-corrected chi connectivity index (χ2v) is 7.23. The summed E-state index contributed by atoms with van der Waals surface area (Å²) in [5, 5.41) is 7.16. The molecule has 1 atom stereocenters. The van der Waals surface area contributed by atoms with Crippen molar-refractivity contribution in [2.45, 2.75) is 43.3 Å². The minimum Gasteiger partial charge on any atom is -0.376 e. The monoisotopic (exact) mass is 373 g/mol. The summed E-state index contributed by atoms with van der Waals surface area (Å²) in [5.74, 6) is 0.454. The molecule has 0 radical (unpaired) electrons. The minimum atomic E-state index is -0.245. The van der Waals surface area contributed by atoms with E-state index in [0.717, 1.165) is 25.1 Å². The summed E-state index contributed by atoms with van der Waals surface area (Å²) in [6.07, 6.45) is 2.02. The predicted octanol–water partition coefficient (Wildman–Crippen LogP) is 1.36. The zero-order chi connectivity index (χ0) is 18.1. The summed E-state index contributed by atoms with van der Waals surface area (Å²) in [7, 11) is 0. The lowest BCUT2D eigenvalue weighted by Gasteiger charge is -2.11. The SMILES string of the molecule is Cc1cccc2nc(CSc3n[nH]c(=O)n3C[C@H]3CCCO3)cc(=O)n12. The lowest BCUT2D eigenvalue weighted by atomic mass is 10.2. The molecule has 4 heterocycles. The number of thioether (sulfide) groups is 1. The highest BCUT2D eigenvalue weighted by Crippen LogP contribution is 2.21. The number of fused-ring (bicyclic) bond motifs is 1. The van der Waals surface area contributed by atoms with Crippen molar-refractivity contribution in [3.05, 3.63) is 56.5 Å². The number of nitrogens with zero attached hydrogens (tertiary/aromatic N) is 4. The molecule has 1 saturated heterocycles. The third-order valence-electron chi connectivity index (χ3n) is 4.42. The molecule has 9 heteroatoms. The van der Waals surface area contributed by atoms with E-state index in [1.807, 2.05) is 25.1 Å². The molecular formula is C17H19N5O3S. The second-order valence-electron chi connectivity index (χ2n) is 6.29. The van der Waals surface area contributed by atoms with Gasteiger partial charge in [-0.2, -0.15) is 0 Å². The van der Waals surface area contributed by atoms with Crippen LogP contribution in [0.5, 0.6) is 0 Å². The van der Waals surface area contributed by atoms with Crippen LogP contribution in [0.25, 0.3) is 5.65 Å². The number of ether oxygens (including phenoxy) is 1. The summed E-state index contributed by atoms with van der Waals surface area (Å²) in [4.78, 5) is 28.9. The lowest BCUT2D eigenvalue weighted by molar-refractivity contribution is 0.0941. The van der Waals surface area contributed by atoms with Gasteiger partial charge >= 0.3 is 5.69 Å². The van der Waals surface area contributed by atoms with Crippen LogP contribution in [0.15, 0.2) is 39.0 Å². The molecule has 0 spiro atoms. The molecule has 1 fully saturated rings. The number of rotatable bonds is 5. The molecule has 1 aliphatic heterocycles. The van der Waals surface area contributed by atoms with E-state index < -0.39 is 0 Å². The topological polar surface area (TPSA) is 94.3 Å². The first-order valence-corrected chi connectivity index (χ1v) is 9.48. The van der Waals surface area contributed by atoms with Crippen LogP contribution in [0.2, 0.25) is 0 Å². The minimum absolute atomic E-state index is 0.0519. The van der Waals surface area contributed by atoms with Crippen molar-refractivity contribution in [1.82, 2.24) is 24.1 Å². The van der Waals surface area contributed by atoms with Crippen molar-refractivity contribution in [3.63, 3.8) is 0 Å². The first kappa shape index (κ1) is 17.0. The standard InChI is InChI=1S/C17H19N5O3S/c1-11-4-2-6-14-18-12(8-15(23)22(11)14)10-26-17-20-19-16(24)21(17)9-13-5-3-7-25-13/h2,4,6,8,13H,3,5,7,9-10H2,1H3,(H,19,24)/t13-/m1/s1. The molecule has 0 aromatic carbocycles. The van der Waals surface area contributed by atoms with E-state index >= 15 is 0 Å². The van der Waals surface area contributed by atoms with Crippen molar-refractivity contribution < 1.29 is 4.74 Å². The van der Waals surface area contributed by atoms with Crippen molar-refractivity contribution in [1.29, 1.82) is 0 Å². The van der Waals surface area contributed by atoms with Gasteiger partial charge in [-0.25, -0.2) is 14.9 Å². The number of nitrogens with one attached hydrogen (secondary N) is 1. The predicted molar refractivity (Wildman–Crippen MR) is 97.6 cm³/mol. The molecule has 0 aliphatic carbocycles. The number of aromatic amines is 1. The Hall–Kier alpha value is -2.39. The van der Waals surface area contributed by atoms with E-state index in [1.54, 1.807) is 8.97 Å². The molecule has 0 unspecified atom stereocenters. The van der Waals surface area contributed by atoms with Crippen molar-refractivity contribution in [3.8, 4) is 0 Å². The Labute approximate surface area is 153 Å².